The van der Waals surface area contributed by atoms with E-state index < -0.39 is 15.6 Å². The predicted octanol–water partition coefficient (Wildman–Crippen LogP) is 2.28. The van der Waals surface area contributed by atoms with Gasteiger partial charge in [-0.2, -0.15) is 0 Å². The van der Waals surface area contributed by atoms with Crippen molar-refractivity contribution in [3.05, 3.63) is 29.3 Å². The molecule has 10 heteroatoms. The molecule has 8 nitrogen and oxygen atoms in total. The van der Waals surface area contributed by atoms with Gasteiger partial charge in [0, 0.05) is 5.38 Å². The molecule has 0 fully saturated rings. The molecule has 1 aromatic carbocycles. The van der Waals surface area contributed by atoms with Gasteiger partial charge in [0.15, 0.2) is 11.7 Å². The highest BCUT2D eigenvalue weighted by atomic mass is 32.2. The van der Waals surface area contributed by atoms with Crippen LogP contribution in [0.25, 0.3) is 0 Å². The first-order valence-corrected chi connectivity index (χ1v) is 10.4. The smallest absolute Gasteiger partial charge is 0.263 e. The average molecular weight is 397 g/mol. The van der Waals surface area contributed by atoms with Crippen LogP contribution in [-0.2, 0) is 20.4 Å². The number of aromatic nitrogens is 1. The third-order valence-corrected chi connectivity index (χ3v) is 6.49. The first-order chi connectivity index (χ1) is 12.3. The van der Waals surface area contributed by atoms with E-state index in [-0.39, 0.29) is 22.5 Å². The standard InChI is InChI=1S/C16H19N3O5S2/c1-3-16(21,4-2)13-9-25-15(18-13)19-26(22,23)10-5-6-12-11(7-10)17-14(20)8-24-12/h5-7,9,21H,3-4,8H2,1-2H3,(H,17,20)(H,18,19). The van der Waals surface area contributed by atoms with Crippen molar-refractivity contribution in [3.8, 4) is 5.75 Å². The molecule has 2 heterocycles. The number of hydrogen-bond acceptors (Lipinski definition) is 7. The molecule has 1 amide bonds. The highest BCUT2D eigenvalue weighted by Gasteiger charge is 2.29. The maximum atomic E-state index is 12.6. The summed E-state index contributed by atoms with van der Waals surface area (Å²) in [6.45, 7) is 3.59. The Morgan fingerprint density at radius 2 is 2.12 bits per heavy atom. The molecule has 26 heavy (non-hydrogen) atoms. The maximum absolute atomic E-state index is 12.6. The van der Waals surface area contributed by atoms with Crippen molar-refractivity contribution in [2.24, 2.45) is 0 Å². The molecule has 1 aliphatic rings. The number of nitrogens with zero attached hydrogens (tertiary/aromatic N) is 1. The molecular weight excluding hydrogens is 378 g/mol. The van der Waals surface area contributed by atoms with Crippen molar-refractivity contribution in [2.75, 3.05) is 16.6 Å². The molecule has 0 radical (unpaired) electrons. The Balaban J connectivity index is 1.85. The van der Waals surface area contributed by atoms with Gasteiger partial charge in [-0.1, -0.05) is 13.8 Å². The zero-order valence-electron chi connectivity index (χ0n) is 14.3. The van der Waals surface area contributed by atoms with Gasteiger partial charge in [-0.25, -0.2) is 13.4 Å². The summed E-state index contributed by atoms with van der Waals surface area (Å²) >= 11 is 1.10. The first kappa shape index (κ1) is 18.6. The van der Waals surface area contributed by atoms with E-state index >= 15 is 0 Å². The number of anilines is 2. The lowest BCUT2D eigenvalue weighted by Crippen LogP contribution is -2.25. The summed E-state index contributed by atoms with van der Waals surface area (Å²) in [5.41, 5.74) is -0.334. The van der Waals surface area contributed by atoms with E-state index in [1.54, 1.807) is 5.38 Å². The molecule has 0 aliphatic carbocycles. The lowest BCUT2D eigenvalue weighted by atomic mass is 9.94. The van der Waals surface area contributed by atoms with Gasteiger partial charge in [-0.15, -0.1) is 11.3 Å². The van der Waals surface area contributed by atoms with Crippen LogP contribution in [0.1, 0.15) is 32.4 Å². The van der Waals surface area contributed by atoms with Gasteiger partial charge in [0.05, 0.1) is 16.3 Å². The summed E-state index contributed by atoms with van der Waals surface area (Å²) in [5, 5.41) is 14.9. The van der Waals surface area contributed by atoms with Crippen LogP contribution in [0.3, 0.4) is 0 Å². The lowest BCUT2D eigenvalue weighted by molar-refractivity contribution is -0.118. The summed E-state index contributed by atoms with van der Waals surface area (Å²) in [7, 11) is -3.90. The number of hydrogen-bond donors (Lipinski definition) is 3. The van der Waals surface area contributed by atoms with E-state index in [0.29, 0.717) is 30.0 Å². The summed E-state index contributed by atoms with van der Waals surface area (Å²) in [6.07, 6.45) is 0.952. The molecule has 0 saturated carbocycles. The summed E-state index contributed by atoms with van der Waals surface area (Å²) < 4.78 is 32.8. The molecule has 0 saturated heterocycles. The van der Waals surface area contributed by atoms with Crippen molar-refractivity contribution in [1.29, 1.82) is 0 Å². The lowest BCUT2D eigenvalue weighted by Gasteiger charge is -2.22. The molecule has 0 unspecified atom stereocenters. The normalized spacial score (nSPS) is 14.3. The second-order valence-corrected chi connectivity index (χ2v) is 8.42. The minimum absolute atomic E-state index is 0.0277. The topological polar surface area (TPSA) is 118 Å². The number of carbonyl (C=O) groups excluding carboxylic acids is 1. The van der Waals surface area contributed by atoms with Crippen LogP contribution in [0.5, 0.6) is 5.75 Å². The largest absolute Gasteiger partial charge is 0.482 e. The van der Waals surface area contributed by atoms with E-state index in [1.165, 1.54) is 18.2 Å². The van der Waals surface area contributed by atoms with Crippen molar-refractivity contribution in [1.82, 2.24) is 4.98 Å². The predicted molar refractivity (Wildman–Crippen MR) is 98.0 cm³/mol. The number of nitrogens with one attached hydrogen (secondary N) is 2. The SMILES string of the molecule is CCC(O)(CC)c1csc(NS(=O)(=O)c2ccc3c(c2)NC(=O)CO3)n1. The Labute approximate surface area is 155 Å². The fourth-order valence-electron chi connectivity index (χ4n) is 2.55. The highest BCUT2D eigenvalue weighted by molar-refractivity contribution is 7.93. The molecule has 3 rings (SSSR count). The third-order valence-electron chi connectivity index (χ3n) is 4.27. The van der Waals surface area contributed by atoms with Crippen molar-refractivity contribution >= 4 is 38.1 Å². The van der Waals surface area contributed by atoms with Gasteiger partial charge < -0.3 is 15.2 Å². The van der Waals surface area contributed by atoms with Crippen LogP contribution in [0, 0.1) is 0 Å². The quantitative estimate of drug-likeness (QED) is 0.688. The summed E-state index contributed by atoms with van der Waals surface area (Å²) in [5.74, 6) is 0.0685. The Hall–Kier alpha value is -2.17. The molecule has 0 spiro atoms. The molecule has 0 bridgehead atoms. The van der Waals surface area contributed by atoms with Crippen LogP contribution in [0.15, 0.2) is 28.5 Å². The van der Waals surface area contributed by atoms with Gasteiger partial charge in [0.2, 0.25) is 0 Å². The molecular formula is C16H19N3O5S2. The third kappa shape index (κ3) is 3.53. The van der Waals surface area contributed by atoms with Gasteiger partial charge in [0.25, 0.3) is 15.9 Å². The summed E-state index contributed by atoms with van der Waals surface area (Å²) in [4.78, 5) is 15.6. The minimum Gasteiger partial charge on any atom is -0.482 e. The maximum Gasteiger partial charge on any atom is 0.263 e. The monoisotopic (exact) mass is 397 g/mol. The Morgan fingerprint density at radius 3 is 2.81 bits per heavy atom. The zero-order valence-corrected chi connectivity index (χ0v) is 15.9. The number of sulfonamides is 1. The first-order valence-electron chi connectivity index (χ1n) is 8.05. The number of fused-ring (bicyclic) bond motifs is 1. The van der Waals surface area contributed by atoms with Crippen LogP contribution in [0.4, 0.5) is 10.8 Å². The highest BCUT2D eigenvalue weighted by Crippen LogP contribution is 2.33. The van der Waals surface area contributed by atoms with Crippen LogP contribution in [0.2, 0.25) is 0 Å². The molecule has 3 N–H and O–H groups in total. The van der Waals surface area contributed by atoms with E-state index in [9.17, 15) is 18.3 Å². The fourth-order valence-corrected chi connectivity index (χ4v) is 4.63. The van der Waals surface area contributed by atoms with Crippen molar-refractivity contribution in [2.45, 2.75) is 37.2 Å². The number of ether oxygens (including phenoxy) is 1. The van der Waals surface area contributed by atoms with Gasteiger partial charge in [0.1, 0.15) is 11.4 Å². The van der Waals surface area contributed by atoms with Crippen molar-refractivity contribution in [3.63, 3.8) is 0 Å². The Bertz CT molecular complexity index is 935. The minimum atomic E-state index is -3.90. The van der Waals surface area contributed by atoms with Crippen molar-refractivity contribution < 1.29 is 23.1 Å². The van der Waals surface area contributed by atoms with Crippen LogP contribution >= 0.6 is 11.3 Å². The van der Waals surface area contributed by atoms with E-state index in [0.717, 1.165) is 11.3 Å². The van der Waals surface area contributed by atoms with Gasteiger partial charge in [-0.3, -0.25) is 9.52 Å². The fraction of sp³-hybridized carbons (Fsp3) is 0.375. The molecule has 0 atom stereocenters. The summed E-state index contributed by atoms with van der Waals surface area (Å²) in [6, 6.07) is 4.21. The van der Waals surface area contributed by atoms with Crippen LogP contribution in [-0.4, -0.2) is 31.0 Å². The molecule has 1 aliphatic heterocycles. The Morgan fingerprint density at radius 1 is 1.38 bits per heavy atom. The van der Waals surface area contributed by atoms with Crippen LogP contribution < -0.4 is 14.8 Å². The van der Waals surface area contributed by atoms with E-state index in [2.05, 4.69) is 15.0 Å². The number of thiazole rings is 1. The average Bonchev–Trinajstić information content (AvgIpc) is 3.08. The second kappa shape index (κ2) is 6.86. The molecule has 2 aromatic rings. The molecule has 140 valence electrons. The Kier molecular flexibility index (Phi) is 4.91. The number of benzene rings is 1. The number of aliphatic hydroxyl groups is 1. The zero-order chi connectivity index (χ0) is 18.9. The van der Waals surface area contributed by atoms with E-state index in [1.807, 2.05) is 13.8 Å². The van der Waals surface area contributed by atoms with Gasteiger partial charge in [-0.05, 0) is 31.0 Å². The number of carbonyl (C=O) groups is 1. The van der Waals surface area contributed by atoms with E-state index in [4.69, 9.17) is 4.74 Å². The van der Waals surface area contributed by atoms with Gasteiger partial charge >= 0.3 is 0 Å². The number of rotatable bonds is 6. The molecule has 1 aromatic heterocycles. The second-order valence-electron chi connectivity index (χ2n) is 5.88. The number of amides is 1.